The van der Waals surface area contributed by atoms with Crippen LogP contribution in [0.3, 0.4) is 0 Å². The molecule has 0 aromatic carbocycles. The number of alkyl halides is 1. The van der Waals surface area contributed by atoms with Gasteiger partial charge in [0.2, 0.25) is 0 Å². The molecule has 1 aliphatic heterocycles. The summed E-state index contributed by atoms with van der Waals surface area (Å²) >= 11 is 0. The van der Waals surface area contributed by atoms with Crippen molar-refractivity contribution in [2.45, 2.75) is 65.3 Å². The van der Waals surface area contributed by atoms with Crippen molar-refractivity contribution in [2.75, 3.05) is 13.1 Å². The quantitative estimate of drug-likeness (QED) is 0.866. The van der Waals surface area contributed by atoms with E-state index in [-0.39, 0.29) is 12.6 Å². The molecular formula is C15H27FN2O2. The molecule has 2 unspecified atom stereocenters. The minimum atomic E-state index is -1.07. The summed E-state index contributed by atoms with van der Waals surface area (Å²) in [5.74, 6) is 0. The molecule has 1 heterocycles. The number of halogens is 1. The Morgan fingerprint density at radius 1 is 1.50 bits per heavy atom. The van der Waals surface area contributed by atoms with Crippen LogP contribution >= 0.6 is 0 Å². The summed E-state index contributed by atoms with van der Waals surface area (Å²) in [4.78, 5) is 13.3. The van der Waals surface area contributed by atoms with Crippen molar-refractivity contribution in [1.82, 2.24) is 10.2 Å². The molecule has 1 rings (SSSR count). The van der Waals surface area contributed by atoms with Crippen LogP contribution in [0, 0.1) is 0 Å². The molecular weight excluding hydrogens is 259 g/mol. The van der Waals surface area contributed by atoms with Gasteiger partial charge >= 0.3 is 6.09 Å². The van der Waals surface area contributed by atoms with E-state index in [0.29, 0.717) is 13.0 Å². The van der Waals surface area contributed by atoms with Crippen LogP contribution in [0.5, 0.6) is 0 Å². The number of hydrogen-bond donors (Lipinski definition) is 1. The van der Waals surface area contributed by atoms with E-state index >= 15 is 0 Å². The molecule has 0 aromatic heterocycles. The fraction of sp³-hybridized carbons (Fsp3) is 0.800. The third-order valence-corrected chi connectivity index (χ3v) is 3.12. The second-order valence-corrected chi connectivity index (χ2v) is 6.28. The second kappa shape index (κ2) is 6.95. The fourth-order valence-corrected chi connectivity index (χ4v) is 2.22. The zero-order valence-corrected chi connectivity index (χ0v) is 13.2. The van der Waals surface area contributed by atoms with Gasteiger partial charge in [-0.05, 0) is 40.5 Å². The standard InChI is InChI=1S/C15H27FN2O2/c1-6-7-11(2)17-13-8-9-18(10-12(13)16)14(19)20-15(3,4)5/h7,12-13,17H,6,8-10H2,1-5H3/b11-7-. The van der Waals surface area contributed by atoms with Crippen molar-refractivity contribution in [3.8, 4) is 0 Å². The van der Waals surface area contributed by atoms with E-state index in [1.165, 1.54) is 4.90 Å². The zero-order valence-electron chi connectivity index (χ0n) is 13.2. The first-order valence-corrected chi connectivity index (χ1v) is 7.28. The van der Waals surface area contributed by atoms with E-state index in [1.54, 1.807) is 0 Å². The van der Waals surface area contributed by atoms with Gasteiger partial charge in [0.25, 0.3) is 0 Å². The highest BCUT2D eigenvalue weighted by Gasteiger charge is 2.33. The predicted octanol–water partition coefficient (Wildman–Crippen LogP) is 3.24. The Kier molecular flexibility index (Phi) is 5.84. The average molecular weight is 286 g/mol. The third kappa shape index (κ3) is 5.39. The molecule has 1 N–H and O–H groups in total. The molecule has 4 nitrogen and oxygen atoms in total. The van der Waals surface area contributed by atoms with Gasteiger partial charge in [0.05, 0.1) is 12.6 Å². The normalized spacial score (nSPS) is 24.5. The zero-order chi connectivity index (χ0) is 15.3. The van der Waals surface area contributed by atoms with E-state index in [1.807, 2.05) is 40.7 Å². The largest absolute Gasteiger partial charge is 0.444 e. The lowest BCUT2D eigenvalue weighted by Gasteiger charge is -2.36. The van der Waals surface area contributed by atoms with Crippen molar-refractivity contribution in [3.05, 3.63) is 11.8 Å². The van der Waals surface area contributed by atoms with Crippen LogP contribution in [0.4, 0.5) is 9.18 Å². The highest BCUT2D eigenvalue weighted by molar-refractivity contribution is 5.68. The van der Waals surface area contributed by atoms with E-state index in [0.717, 1.165) is 12.1 Å². The minimum absolute atomic E-state index is 0.0893. The number of nitrogens with zero attached hydrogens (tertiary/aromatic N) is 1. The summed E-state index contributed by atoms with van der Waals surface area (Å²) in [6.07, 6.45) is 2.05. The topological polar surface area (TPSA) is 41.6 Å². The molecule has 0 saturated carbocycles. The van der Waals surface area contributed by atoms with Gasteiger partial charge in [0, 0.05) is 12.2 Å². The summed E-state index contributed by atoms with van der Waals surface area (Å²) in [6.45, 7) is 10.0. The molecule has 2 atom stereocenters. The SMILES string of the molecule is CC/C=C(/C)NC1CCN(C(=O)OC(C)(C)C)CC1F. The molecule has 0 radical (unpaired) electrons. The smallest absolute Gasteiger partial charge is 0.410 e. The predicted molar refractivity (Wildman–Crippen MR) is 78.3 cm³/mol. The number of carbonyl (C=O) groups excluding carboxylic acids is 1. The van der Waals surface area contributed by atoms with Gasteiger partial charge in [0.1, 0.15) is 11.8 Å². The van der Waals surface area contributed by atoms with Gasteiger partial charge in [0.15, 0.2) is 0 Å². The Hall–Kier alpha value is -1.26. The number of allylic oxidation sites excluding steroid dienone is 2. The van der Waals surface area contributed by atoms with Crippen molar-refractivity contribution in [2.24, 2.45) is 0 Å². The maximum Gasteiger partial charge on any atom is 0.410 e. The molecule has 0 aliphatic carbocycles. The number of piperidine rings is 1. The minimum Gasteiger partial charge on any atom is -0.444 e. The number of carbonyl (C=O) groups is 1. The van der Waals surface area contributed by atoms with Crippen molar-refractivity contribution >= 4 is 6.09 Å². The maximum absolute atomic E-state index is 14.2. The second-order valence-electron chi connectivity index (χ2n) is 6.28. The highest BCUT2D eigenvalue weighted by atomic mass is 19.1. The first-order chi connectivity index (χ1) is 9.23. The Bertz CT molecular complexity index is 363. The number of hydrogen-bond acceptors (Lipinski definition) is 3. The Labute approximate surface area is 121 Å². The van der Waals surface area contributed by atoms with E-state index in [9.17, 15) is 9.18 Å². The maximum atomic E-state index is 14.2. The monoisotopic (exact) mass is 286 g/mol. The van der Waals surface area contributed by atoms with Crippen molar-refractivity contribution in [1.29, 1.82) is 0 Å². The van der Waals surface area contributed by atoms with Crippen LogP contribution in [0.2, 0.25) is 0 Å². The van der Waals surface area contributed by atoms with Crippen LogP contribution in [-0.4, -0.2) is 41.9 Å². The number of nitrogens with one attached hydrogen (secondary N) is 1. The van der Waals surface area contributed by atoms with E-state index in [2.05, 4.69) is 5.32 Å². The van der Waals surface area contributed by atoms with Crippen LogP contribution < -0.4 is 5.32 Å². The molecule has 1 aliphatic rings. The van der Waals surface area contributed by atoms with E-state index < -0.39 is 17.9 Å². The summed E-state index contributed by atoms with van der Waals surface area (Å²) in [5, 5.41) is 3.18. The lowest BCUT2D eigenvalue weighted by Crippen LogP contribution is -2.52. The lowest BCUT2D eigenvalue weighted by molar-refractivity contribution is 0.0100. The molecule has 0 bridgehead atoms. The third-order valence-electron chi connectivity index (χ3n) is 3.12. The molecule has 1 amide bonds. The van der Waals surface area contributed by atoms with Crippen LogP contribution in [0.25, 0.3) is 0 Å². The van der Waals surface area contributed by atoms with Crippen molar-refractivity contribution in [3.63, 3.8) is 0 Å². The van der Waals surface area contributed by atoms with Gasteiger partial charge in [-0.2, -0.15) is 0 Å². The summed E-state index contributed by atoms with van der Waals surface area (Å²) < 4.78 is 19.4. The highest BCUT2D eigenvalue weighted by Crippen LogP contribution is 2.18. The molecule has 5 heteroatoms. The molecule has 1 saturated heterocycles. The van der Waals surface area contributed by atoms with Gasteiger partial charge in [-0.3, -0.25) is 0 Å². The summed E-state index contributed by atoms with van der Waals surface area (Å²) in [6, 6.07) is -0.225. The molecule has 0 spiro atoms. The number of amides is 1. The van der Waals surface area contributed by atoms with Gasteiger partial charge in [-0.1, -0.05) is 13.0 Å². The van der Waals surface area contributed by atoms with Gasteiger partial charge in [-0.25, -0.2) is 9.18 Å². The lowest BCUT2D eigenvalue weighted by atomic mass is 10.0. The number of rotatable bonds is 3. The van der Waals surface area contributed by atoms with Crippen LogP contribution in [-0.2, 0) is 4.74 Å². The molecule has 0 aromatic rings. The first-order valence-electron chi connectivity index (χ1n) is 7.28. The molecule has 20 heavy (non-hydrogen) atoms. The van der Waals surface area contributed by atoms with E-state index in [4.69, 9.17) is 4.74 Å². The van der Waals surface area contributed by atoms with Crippen LogP contribution in [0.1, 0.15) is 47.5 Å². The molecule has 116 valence electrons. The molecule has 1 fully saturated rings. The fourth-order valence-electron chi connectivity index (χ4n) is 2.22. The summed E-state index contributed by atoms with van der Waals surface area (Å²) in [5.41, 5.74) is 0.448. The number of likely N-dealkylation sites (tertiary alicyclic amines) is 1. The Morgan fingerprint density at radius 3 is 2.65 bits per heavy atom. The van der Waals surface area contributed by atoms with Gasteiger partial charge in [-0.15, -0.1) is 0 Å². The summed E-state index contributed by atoms with van der Waals surface area (Å²) in [7, 11) is 0. The first kappa shape index (κ1) is 16.8. The van der Waals surface area contributed by atoms with Crippen molar-refractivity contribution < 1.29 is 13.9 Å². The van der Waals surface area contributed by atoms with Crippen LogP contribution in [0.15, 0.2) is 11.8 Å². The average Bonchev–Trinajstić information content (AvgIpc) is 2.29. The number of ether oxygens (including phenoxy) is 1. The Morgan fingerprint density at radius 2 is 2.15 bits per heavy atom. The van der Waals surface area contributed by atoms with Gasteiger partial charge < -0.3 is 15.0 Å². The Balaban J connectivity index is 2.51.